The SMILES string of the molecule is Cc1cc(C(F)(F)F)ccc1C(N)c1cnn(C)c1C. The molecule has 20 heavy (non-hydrogen) atoms. The molecule has 1 unspecified atom stereocenters. The molecule has 0 saturated heterocycles. The highest BCUT2D eigenvalue weighted by Gasteiger charge is 2.31. The van der Waals surface area contributed by atoms with Crippen molar-refractivity contribution in [3.63, 3.8) is 0 Å². The number of aromatic nitrogens is 2. The van der Waals surface area contributed by atoms with Gasteiger partial charge in [0.05, 0.1) is 17.8 Å². The molecule has 2 rings (SSSR count). The van der Waals surface area contributed by atoms with Gasteiger partial charge in [0.25, 0.3) is 0 Å². The van der Waals surface area contributed by atoms with Crippen molar-refractivity contribution in [2.75, 3.05) is 0 Å². The Balaban J connectivity index is 2.41. The zero-order valence-corrected chi connectivity index (χ0v) is 11.5. The second kappa shape index (κ2) is 4.94. The minimum absolute atomic E-state index is 0.481. The molecule has 0 saturated carbocycles. The largest absolute Gasteiger partial charge is 0.416 e. The summed E-state index contributed by atoms with van der Waals surface area (Å²) in [5.74, 6) is 0. The third kappa shape index (κ3) is 2.56. The van der Waals surface area contributed by atoms with Gasteiger partial charge in [0, 0.05) is 18.3 Å². The summed E-state index contributed by atoms with van der Waals surface area (Å²) < 4.78 is 39.6. The molecule has 0 fully saturated rings. The lowest BCUT2D eigenvalue weighted by Gasteiger charge is -2.16. The first kappa shape index (κ1) is 14.6. The Labute approximate surface area is 115 Å². The number of aryl methyl sites for hydroxylation is 2. The Kier molecular flexibility index (Phi) is 3.60. The zero-order chi connectivity index (χ0) is 15.1. The van der Waals surface area contributed by atoms with Gasteiger partial charge in [0.2, 0.25) is 0 Å². The molecule has 0 aliphatic rings. The number of benzene rings is 1. The first-order valence-corrected chi connectivity index (χ1v) is 6.13. The van der Waals surface area contributed by atoms with Gasteiger partial charge in [-0.15, -0.1) is 0 Å². The summed E-state index contributed by atoms with van der Waals surface area (Å²) in [6.45, 7) is 3.51. The van der Waals surface area contributed by atoms with Crippen LogP contribution in [0.2, 0.25) is 0 Å². The predicted molar refractivity (Wildman–Crippen MR) is 70.2 cm³/mol. The van der Waals surface area contributed by atoms with Crippen molar-refractivity contribution in [2.24, 2.45) is 12.8 Å². The molecule has 2 N–H and O–H groups in total. The Morgan fingerprint density at radius 2 is 1.85 bits per heavy atom. The number of rotatable bonds is 2. The van der Waals surface area contributed by atoms with Crippen LogP contribution in [0.5, 0.6) is 0 Å². The molecule has 0 amide bonds. The van der Waals surface area contributed by atoms with E-state index in [0.717, 1.165) is 23.4 Å². The van der Waals surface area contributed by atoms with Crippen molar-refractivity contribution in [3.05, 3.63) is 52.3 Å². The predicted octanol–water partition coefficient (Wildman–Crippen LogP) is 3.10. The standard InChI is InChI=1S/C14H16F3N3/c1-8-6-10(14(15,16)17)4-5-11(8)13(18)12-7-19-20(3)9(12)2/h4-7,13H,18H2,1-3H3. The minimum atomic E-state index is -4.34. The molecule has 1 atom stereocenters. The summed E-state index contributed by atoms with van der Waals surface area (Å²) in [7, 11) is 1.80. The normalized spacial score (nSPS) is 13.6. The summed E-state index contributed by atoms with van der Waals surface area (Å²) in [4.78, 5) is 0. The maximum atomic E-state index is 12.6. The number of hydrogen-bond donors (Lipinski definition) is 1. The van der Waals surface area contributed by atoms with Crippen LogP contribution < -0.4 is 5.73 Å². The van der Waals surface area contributed by atoms with Crippen LogP contribution in [0.4, 0.5) is 13.2 Å². The van der Waals surface area contributed by atoms with Crippen molar-refractivity contribution in [3.8, 4) is 0 Å². The average Bonchev–Trinajstić information content (AvgIpc) is 2.68. The molecule has 1 aromatic carbocycles. The molecule has 2 aromatic rings. The third-order valence-corrected chi connectivity index (χ3v) is 3.54. The second-order valence-corrected chi connectivity index (χ2v) is 4.86. The van der Waals surface area contributed by atoms with Crippen LogP contribution in [0.1, 0.15) is 34.0 Å². The molecule has 0 spiro atoms. The highest BCUT2D eigenvalue weighted by atomic mass is 19.4. The second-order valence-electron chi connectivity index (χ2n) is 4.86. The fourth-order valence-electron chi connectivity index (χ4n) is 2.19. The molecule has 0 radical (unpaired) electrons. The van der Waals surface area contributed by atoms with E-state index in [9.17, 15) is 13.2 Å². The van der Waals surface area contributed by atoms with E-state index in [0.29, 0.717) is 11.1 Å². The molecule has 3 nitrogen and oxygen atoms in total. The lowest BCUT2D eigenvalue weighted by Crippen LogP contribution is -2.15. The van der Waals surface area contributed by atoms with Crippen molar-refractivity contribution in [1.82, 2.24) is 9.78 Å². The van der Waals surface area contributed by atoms with Crippen LogP contribution in [0.3, 0.4) is 0 Å². The van der Waals surface area contributed by atoms with Crippen molar-refractivity contribution in [1.29, 1.82) is 0 Å². The molecule has 108 valence electrons. The van der Waals surface area contributed by atoms with Crippen LogP contribution >= 0.6 is 0 Å². The quantitative estimate of drug-likeness (QED) is 0.920. The molecule has 6 heteroatoms. The monoisotopic (exact) mass is 283 g/mol. The number of hydrogen-bond acceptors (Lipinski definition) is 2. The molecule has 0 aliphatic carbocycles. The summed E-state index contributed by atoms with van der Waals surface area (Å²) >= 11 is 0. The van der Waals surface area contributed by atoms with Crippen molar-refractivity contribution < 1.29 is 13.2 Å². The highest BCUT2D eigenvalue weighted by molar-refractivity contribution is 5.40. The summed E-state index contributed by atoms with van der Waals surface area (Å²) in [6, 6.07) is 3.15. The minimum Gasteiger partial charge on any atom is -0.320 e. The average molecular weight is 283 g/mol. The molecule has 0 bridgehead atoms. The smallest absolute Gasteiger partial charge is 0.320 e. The van der Waals surface area contributed by atoms with Gasteiger partial charge in [-0.25, -0.2) is 0 Å². The van der Waals surface area contributed by atoms with Crippen LogP contribution in [0.25, 0.3) is 0 Å². The van der Waals surface area contributed by atoms with Gasteiger partial charge in [0.1, 0.15) is 0 Å². The van der Waals surface area contributed by atoms with E-state index in [1.807, 2.05) is 6.92 Å². The van der Waals surface area contributed by atoms with Crippen LogP contribution in [-0.4, -0.2) is 9.78 Å². The Bertz CT molecular complexity index is 629. The first-order valence-electron chi connectivity index (χ1n) is 6.13. The van der Waals surface area contributed by atoms with Gasteiger partial charge in [-0.3, -0.25) is 4.68 Å². The maximum Gasteiger partial charge on any atom is 0.416 e. The van der Waals surface area contributed by atoms with Crippen LogP contribution in [-0.2, 0) is 13.2 Å². The number of nitrogens with zero attached hydrogens (tertiary/aromatic N) is 2. The van der Waals surface area contributed by atoms with E-state index < -0.39 is 17.8 Å². The number of nitrogens with two attached hydrogens (primary N) is 1. The van der Waals surface area contributed by atoms with Gasteiger partial charge < -0.3 is 5.73 Å². The van der Waals surface area contributed by atoms with E-state index >= 15 is 0 Å². The van der Waals surface area contributed by atoms with Gasteiger partial charge in [-0.1, -0.05) is 6.07 Å². The fraction of sp³-hybridized carbons (Fsp3) is 0.357. The lowest BCUT2D eigenvalue weighted by atomic mass is 9.94. The van der Waals surface area contributed by atoms with E-state index in [4.69, 9.17) is 5.73 Å². The van der Waals surface area contributed by atoms with Gasteiger partial charge in [0.15, 0.2) is 0 Å². The summed E-state index contributed by atoms with van der Waals surface area (Å²) in [5, 5.41) is 4.11. The van der Waals surface area contributed by atoms with Crippen molar-refractivity contribution in [2.45, 2.75) is 26.1 Å². The molecule has 1 heterocycles. The van der Waals surface area contributed by atoms with Crippen LogP contribution in [0, 0.1) is 13.8 Å². The van der Waals surface area contributed by atoms with E-state index in [2.05, 4.69) is 5.10 Å². The van der Waals surface area contributed by atoms with E-state index in [1.54, 1.807) is 24.9 Å². The van der Waals surface area contributed by atoms with Gasteiger partial charge >= 0.3 is 6.18 Å². The van der Waals surface area contributed by atoms with Gasteiger partial charge in [-0.2, -0.15) is 18.3 Å². The summed E-state index contributed by atoms with van der Waals surface area (Å²) in [6.07, 6.45) is -2.69. The first-order chi connectivity index (χ1) is 9.21. The molecular weight excluding hydrogens is 267 g/mol. The van der Waals surface area contributed by atoms with Crippen LogP contribution in [0.15, 0.2) is 24.4 Å². The van der Waals surface area contributed by atoms with E-state index in [1.165, 1.54) is 6.07 Å². The Morgan fingerprint density at radius 3 is 2.30 bits per heavy atom. The van der Waals surface area contributed by atoms with Crippen molar-refractivity contribution >= 4 is 0 Å². The molecular formula is C14H16F3N3. The Morgan fingerprint density at radius 1 is 1.20 bits per heavy atom. The van der Waals surface area contributed by atoms with E-state index in [-0.39, 0.29) is 0 Å². The number of alkyl halides is 3. The topological polar surface area (TPSA) is 43.8 Å². The third-order valence-electron chi connectivity index (χ3n) is 3.54. The summed E-state index contributed by atoms with van der Waals surface area (Å²) in [5.41, 5.74) is 8.41. The van der Waals surface area contributed by atoms with Gasteiger partial charge in [-0.05, 0) is 37.1 Å². The lowest BCUT2D eigenvalue weighted by molar-refractivity contribution is -0.137. The molecule has 0 aliphatic heterocycles. The highest BCUT2D eigenvalue weighted by Crippen LogP contribution is 2.32. The maximum absolute atomic E-state index is 12.6. The zero-order valence-electron chi connectivity index (χ0n) is 11.5. The fourth-order valence-corrected chi connectivity index (χ4v) is 2.19. The number of halogens is 3. The Hall–Kier alpha value is -1.82. The molecule has 1 aromatic heterocycles.